The Hall–Kier alpha value is -1.46. The van der Waals surface area contributed by atoms with Crippen molar-refractivity contribution in [2.24, 2.45) is 11.5 Å². The highest BCUT2D eigenvalue weighted by atomic mass is 16.5. The highest BCUT2D eigenvalue weighted by Gasteiger charge is 1.96. The molecule has 0 heterocycles. The second-order valence-corrected chi connectivity index (χ2v) is 3.46. The Morgan fingerprint density at radius 1 is 0.688 bits per heavy atom. The van der Waals surface area contributed by atoms with Crippen molar-refractivity contribution in [2.75, 3.05) is 13.2 Å². The van der Waals surface area contributed by atoms with Gasteiger partial charge in [0.15, 0.2) is 0 Å². The van der Waals surface area contributed by atoms with Gasteiger partial charge in [-0.3, -0.25) is 0 Å². The second kappa shape index (κ2) is 10.1. The number of ether oxygens (including phenoxy) is 2. The second-order valence-electron chi connectivity index (χ2n) is 3.46. The van der Waals surface area contributed by atoms with Gasteiger partial charge in [0.05, 0.1) is 13.2 Å². The summed E-state index contributed by atoms with van der Waals surface area (Å²) >= 11 is 0. The van der Waals surface area contributed by atoms with E-state index >= 15 is 0 Å². The van der Waals surface area contributed by atoms with Gasteiger partial charge in [0.1, 0.15) is 0 Å². The van der Waals surface area contributed by atoms with E-state index in [4.69, 9.17) is 11.5 Å². The van der Waals surface area contributed by atoms with Gasteiger partial charge in [-0.15, -0.1) is 0 Å². The summed E-state index contributed by atoms with van der Waals surface area (Å²) in [6.45, 7) is 0.778. The van der Waals surface area contributed by atoms with Crippen LogP contribution in [0.4, 0.5) is 9.59 Å². The average Bonchev–Trinajstić information content (AvgIpc) is 2.20. The molecule has 6 nitrogen and oxygen atoms in total. The van der Waals surface area contributed by atoms with E-state index < -0.39 is 12.2 Å². The summed E-state index contributed by atoms with van der Waals surface area (Å²) < 4.78 is 9.16. The Kier molecular flexibility index (Phi) is 9.15. The summed E-state index contributed by atoms with van der Waals surface area (Å²) in [6, 6.07) is 0. The zero-order valence-corrected chi connectivity index (χ0v) is 9.44. The minimum atomic E-state index is -0.719. The molecule has 2 amide bonds. The largest absolute Gasteiger partial charge is 0.450 e. The number of amides is 2. The number of primary amides is 2. The number of nitrogens with two attached hydrogens (primary N) is 2. The summed E-state index contributed by atoms with van der Waals surface area (Å²) in [7, 11) is 0. The van der Waals surface area contributed by atoms with Crippen LogP contribution in [0.25, 0.3) is 0 Å². The smallest absolute Gasteiger partial charge is 0.404 e. The number of hydrogen-bond acceptors (Lipinski definition) is 4. The van der Waals surface area contributed by atoms with Crippen molar-refractivity contribution >= 4 is 12.2 Å². The molecule has 0 saturated heterocycles. The zero-order valence-electron chi connectivity index (χ0n) is 9.44. The predicted octanol–water partition coefficient (Wildman–Crippen LogP) is 1.52. The van der Waals surface area contributed by atoms with Gasteiger partial charge in [0.25, 0.3) is 0 Å². The first-order chi connectivity index (χ1) is 7.63. The minimum Gasteiger partial charge on any atom is -0.450 e. The molecule has 0 bridgehead atoms. The molecule has 0 saturated carbocycles. The lowest BCUT2D eigenvalue weighted by molar-refractivity contribution is 0.152. The Morgan fingerprint density at radius 2 is 1.00 bits per heavy atom. The fourth-order valence-electron chi connectivity index (χ4n) is 1.26. The van der Waals surface area contributed by atoms with Crippen molar-refractivity contribution in [1.82, 2.24) is 0 Å². The van der Waals surface area contributed by atoms with E-state index in [0.29, 0.717) is 13.2 Å². The molecule has 0 fully saturated rings. The highest BCUT2D eigenvalue weighted by Crippen LogP contribution is 2.05. The van der Waals surface area contributed by atoms with E-state index in [0.717, 1.165) is 38.5 Å². The maximum absolute atomic E-state index is 10.2. The molecule has 0 aromatic rings. The van der Waals surface area contributed by atoms with Crippen molar-refractivity contribution in [1.29, 1.82) is 0 Å². The first kappa shape index (κ1) is 14.5. The summed E-state index contributed by atoms with van der Waals surface area (Å²) in [5.74, 6) is 0. The SMILES string of the molecule is NC(=O)OCCCCCCCCOC(N)=O. The Morgan fingerprint density at radius 3 is 1.31 bits per heavy atom. The van der Waals surface area contributed by atoms with Crippen LogP contribution in [0.5, 0.6) is 0 Å². The van der Waals surface area contributed by atoms with Crippen LogP contribution in [0.15, 0.2) is 0 Å². The molecule has 16 heavy (non-hydrogen) atoms. The van der Waals surface area contributed by atoms with Crippen molar-refractivity contribution in [2.45, 2.75) is 38.5 Å². The van der Waals surface area contributed by atoms with Crippen LogP contribution in [0.3, 0.4) is 0 Å². The normalized spacial score (nSPS) is 9.75. The van der Waals surface area contributed by atoms with Gasteiger partial charge in [-0.2, -0.15) is 0 Å². The van der Waals surface area contributed by atoms with E-state index in [1.54, 1.807) is 0 Å². The van der Waals surface area contributed by atoms with Crippen molar-refractivity contribution in [3.63, 3.8) is 0 Å². The summed E-state index contributed by atoms with van der Waals surface area (Å²) in [5.41, 5.74) is 9.60. The monoisotopic (exact) mass is 232 g/mol. The Labute approximate surface area is 95.3 Å². The van der Waals surface area contributed by atoms with Crippen LogP contribution in [0.1, 0.15) is 38.5 Å². The average molecular weight is 232 g/mol. The maximum atomic E-state index is 10.2. The van der Waals surface area contributed by atoms with E-state index in [-0.39, 0.29) is 0 Å². The third-order valence-corrected chi connectivity index (χ3v) is 2.03. The van der Waals surface area contributed by atoms with Gasteiger partial charge in [-0.05, 0) is 12.8 Å². The number of hydrogen-bond donors (Lipinski definition) is 2. The van der Waals surface area contributed by atoms with Gasteiger partial charge >= 0.3 is 12.2 Å². The molecule has 4 N–H and O–H groups in total. The van der Waals surface area contributed by atoms with E-state index in [9.17, 15) is 9.59 Å². The topological polar surface area (TPSA) is 105 Å². The maximum Gasteiger partial charge on any atom is 0.404 e. The van der Waals surface area contributed by atoms with E-state index in [1.807, 2.05) is 0 Å². The van der Waals surface area contributed by atoms with E-state index in [2.05, 4.69) is 9.47 Å². The summed E-state index contributed by atoms with van der Waals surface area (Å²) in [6.07, 6.45) is 4.37. The predicted molar refractivity (Wildman–Crippen MR) is 58.8 cm³/mol. The number of rotatable bonds is 9. The van der Waals surface area contributed by atoms with Crippen LogP contribution >= 0.6 is 0 Å². The lowest BCUT2D eigenvalue weighted by Gasteiger charge is -2.02. The first-order valence-electron chi connectivity index (χ1n) is 5.47. The standard InChI is InChI=1S/C10H20N2O4/c11-9(13)15-7-5-3-1-2-4-6-8-16-10(12)14/h1-8H2,(H2,11,13)(H2,12,14). The lowest BCUT2D eigenvalue weighted by atomic mass is 10.1. The van der Waals surface area contributed by atoms with Crippen molar-refractivity contribution in [3.8, 4) is 0 Å². The van der Waals surface area contributed by atoms with Crippen LogP contribution < -0.4 is 11.5 Å². The third-order valence-electron chi connectivity index (χ3n) is 2.03. The molecule has 0 aliphatic heterocycles. The molecule has 0 aliphatic rings. The van der Waals surface area contributed by atoms with Crippen LogP contribution in [0, 0.1) is 0 Å². The van der Waals surface area contributed by atoms with Crippen LogP contribution in [-0.4, -0.2) is 25.4 Å². The van der Waals surface area contributed by atoms with Crippen molar-refractivity contribution in [3.05, 3.63) is 0 Å². The minimum absolute atomic E-state index is 0.389. The molecular formula is C10H20N2O4. The molecule has 0 aromatic heterocycles. The molecule has 94 valence electrons. The molecule has 0 aliphatic carbocycles. The summed E-state index contributed by atoms with van der Waals surface area (Å²) in [4.78, 5) is 20.4. The molecular weight excluding hydrogens is 212 g/mol. The quantitative estimate of drug-likeness (QED) is 0.588. The Bertz CT molecular complexity index is 187. The van der Waals surface area contributed by atoms with Gasteiger partial charge in [-0.25, -0.2) is 9.59 Å². The molecule has 0 radical (unpaired) electrons. The van der Waals surface area contributed by atoms with E-state index in [1.165, 1.54) is 0 Å². The zero-order chi connectivity index (χ0) is 12.2. The molecule has 0 aromatic carbocycles. The fourth-order valence-corrected chi connectivity index (χ4v) is 1.26. The highest BCUT2D eigenvalue weighted by molar-refractivity contribution is 5.64. The van der Waals surface area contributed by atoms with Crippen LogP contribution in [-0.2, 0) is 9.47 Å². The number of carbonyl (C=O) groups is 2. The van der Waals surface area contributed by atoms with Gasteiger partial charge in [-0.1, -0.05) is 25.7 Å². The fraction of sp³-hybridized carbons (Fsp3) is 0.800. The van der Waals surface area contributed by atoms with Gasteiger partial charge in [0, 0.05) is 0 Å². The van der Waals surface area contributed by atoms with Crippen molar-refractivity contribution < 1.29 is 19.1 Å². The molecule has 0 spiro atoms. The summed E-state index contributed by atoms with van der Waals surface area (Å²) in [5, 5.41) is 0. The molecule has 0 unspecified atom stereocenters. The molecule has 0 atom stereocenters. The first-order valence-corrected chi connectivity index (χ1v) is 5.47. The van der Waals surface area contributed by atoms with Gasteiger partial charge < -0.3 is 20.9 Å². The molecule has 6 heteroatoms. The van der Waals surface area contributed by atoms with Gasteiger partial charge in [0.2, 0.25) is 0 Å². The molecule has 0 rings (SSSR count). The lowest BCUT2D eigenvalue weighted by Crippen LogP contribution is -2.13. The third kappa shape index (κ3) is 12.5. The Balaban J connectivity index is 2.98. The number of carbonyl (C=O) groups excluding carboxylic acids is 2. The number of unbranched alkanes of at least 4 members (excludes halogenated alkanes) is 5. The van der Waals surface area contributed by atoms with Crippen LogP contribution in [0.2, 0.25) is 0 Å².